The molecule has 0 saturated carbocycles. The van der Waals surface area contributed by atoms with Crippen LogP contribution in [0.2, 0.25) is 10.0 Å². The predicted molar refractivity (Wildman–Crippen MR) is 106 cm³/mol. The molecule has 0 aliphatic carbocycles. The highest BCUT2D eigenvalue weighted by atomic mass is 35.5. The van der Waals surface area contributed by atoms with Gasteiger partial charge in [-0.2, -0.15) is 0 Å². The monoisotopic (exact) mass is 407 g/mol. The Bertz CT molecular complexity index is 960. The molecule has 0 radical (unpaired) electrons. The summed E-state index contributed by atoms with van der Waals surface area (Å²) in [7, 11) is 0. The van der Waals surface area contributed by atoms with Gasteiger partial charge in [0.1, 0.15) is 0 Å². The van der Waals surface area contributed by atoms with Crippen molar-refractivity contribution in [1.82, 2.24) is 14.9 Å². The Morgan fingerprint density at radius 3 is 2.65 bits per heavy atom. The summed E-state index contributed by atoms with van der Waals surface area (Å²) in [5.41, 5.74) is 2.17. The highest BCUT2D eigenvalue weighted by Crippen LogP contribution is 2.28. The fraction of sp³-hybridized carbons (Fsp3) is 0.118. The number of benzene rings is 2. The first-order valence-corrected chi connectivity index (χ1v) is 9.34. The molecule has 3 aromatic rings. The Morgan fingerprint density at radius 1 is 1.15 bits per heavy atom. The molecule has 1 heterocycles. The van der Waals surface area contributed by atoms with E-state index < -0.39 is 0 Å². The van der Waals surface area contributed by atoms with E-state index >= 15 is 0 Å². The van der Waals surface area contributed by atoms with E-state index in [1.54, 1.807) is 30.3 Å². The molecule has 1 aromatic heterocycles. The summed E-state index contributed by atoms with van der Waals surface area (Å²) in [5.74, 6) is 6.42. The molecule has 0 bridgehead atoms. The Morgan fingerprint density at radius 2 is 1.88 bits per heavy atom. The Kier molecular flexibility index (Phi) is 5.70. The molecule has 9 heteroatoms. The van der Waals surface area contributed by atoms with Crippen LogP contribution < -0.4 is 11.2 Å². The summed E-state index contributed by atoms with van der Waals surface area (Å²) in [6.45, 7) is 1.84. The lowest BCUT2D eigenvalue weighted by Crippen LogP contribution is -2.17. The maximum atomic E-state index is 12.2. The van der Waals surface area contributed by atoms with E-state index in [9.17, 15) is 4.79 Å². The SMILES string of the molecule is Cc1c(Cl)cccc1NC(=O)CSc1nnc(-c2ccccc2Cl)n1N. The number of aromatic nitrogens is 3. The quantitative estimate of drug-likeness (QED) is 0.492. The predicted octanol–water partition coefficient (Wildman–Crippen LogP) is 4.00. The minimum Gasteiger partial charge on any atom is -0.335 e. The number of anilines is 1. The van der Waals surface area contributed by atoms with Crippen molar-refractivity contribution >= 4 is 46.6 Å². The molecule has 26 heavy (non-hydrogen) atoms. The number of thioether (sulfide) groups is 1. The molecular formula is C17H15Cl2N5OS. The van der Waals surface area contributed by atoms with Crippen LogP contribution in [0.25, 0.3) is 11.4 Å². The first-order chi connectivity index (χ1) is 12.5. The average Bonchev–Trinajstić information content (AvgIpc) is 2.98. The third kappa shape index (κ3) is 3.95. The zero-order valence-electron chi connectivity index (χ0n) is 13.7. The van der Waals surface area contributed by atoms with Crippen molar-refractivity contribution in [2.75, 3.05) is 16.9 Å². The summed E-state index contributed by atoms with van der Waals surface area (Å²) >= 11 is 13.4. The summed E-state index contributed by atoms with van der Waals surface area (Å²) in [6.07, 6.45) is 0. The van der Waals surface area contributed by atoms with Crippen LogP contribution in [0.1, 0.15) is 5.56 Å². The van der Waals surface area contributed by atoms with E-state index in [4.69, 9.17) is 29.0 Å². The lowest BCUT2D eigenvalue weighted by molar-refractivity contribution is -0.113. The van der Waals surface area contributed by atoms with Crippen LogP contribution in [0.15, 0.2) is 47.6 Å². The first-order valence-electron chi connectivity index (χ1n) is 7.60. The molecule has 3 N–H and O–H groups in total. The van der Waals surface area contributed by atoms with Crippen molar-refractivity contribution in [1.29, 1.82) is 0 Å². The van der Waals surface area contributed by atoms with Gasteiger partial charge in [0.05, 0.1) is 10.8 Å². The van der Waals surface area contributed by atoms with Crippen molar-refractivity contribution < 1.29 is 4.79 Å². The van der Waals surface area contributed by atoms with Crippen molar-refractivity contribution in [3.05, 3.63) is 58.1 Å². The number of carbonyl (C=O) groups is 1. The zero-order valence-corrected chi connectivity index (χ0v) is 16.1. The van der Waals surface area contributed by atoms with Gasteiger partial charge in [-0.1, -0.05) is 53.2 Å². The average molecular weight is 408 g/mol. The Balaban J connectivity index is 1.68. The smallest absolute Gasteiger partial charge is 0.234 e. The van der Waals surface area contributed by atoms with Crippen LogP contribution >= 0.6 is 35.0 Å². The second kappa shape index (κ2) is 7.99. The van der Waals surface area contributed by atoms with Crippen molar-refractivity contribution in [2.24, 2.45) is 0 Å². The third-order valence-corrected chi connectivity index (χ3v) is 5.34. The fourth-order valence-electron chi connectivity index (χ4n) is 2.26. The van der Waals surface area contributed by atoms with E-state index in [1.165, 1.54) is 16.4 Å². The van der Waals surface area contributed by atoms with Gasteiger partial charge < -0.3 is 11.2 Å². The number of rotatable bonds is 5. The molecule has 0 spiro atoms. The van der Waals surface area contributed by atoms with Crippen LogP contribution in [0.3, 0.4) is 0 Å². The van der Waals surface area contributed by atoms with Gasteiger partial charge in [-0.3, -0.25) is 4.79 Å². The molecule has 0 fully saturated rings. The van der Waals surface area contributed by atoms with E-state index in [-0.39, 0.29) is 11.7 Å². The molecule has 0 aliphatic heterocycles. The number of nitrogens with two attached hydrogens (primary N) is 1. The van der Waals surface area contributed by atoms with Crippen LogP contribution in [-0.4, -0.2) is 26.5 Å². The second-order valence-corrected chi connectivity index (χ2v) is 7.16. The molecular weight excluding hydrogens is 393 g/mol. The number of amides is 1. The minimum absolute atomic E-state index is 0.129. The lowest BCUT2D eigenvalue weighted by Gasteiger charge is -2.09. The Labute approximate surface area is 164 Å². The molecule has 3 rings (SSSR count). The molecule has 0 aliphatic rings. The minimum atomic E-state index is -0.192. The van der Waals surface area contributed by atoms with Crippen molar-refractivity contribution in [3.8, 4) is 11.4 Å². The summed E-state index contributed by atoms with van der Waals surface area (Å²) in [6, 6.07) is 12.6. The van der Waals surface area contributed by atoms with Gasteiger partial charge in [0.2, 0.25) is 11.1 Å². The molecule has 0 unspecified atom stereocenters. The van der Waals surface area contributed by atoms with E-state index in [2.05, 4.69) is 15.5 Å². The zero-order chi connectivity index (χ0) is 18.7. The number of nitrogens with one attached hydrogen (secondary N) is 1. The van der Waals surface area contributed by atoms with Gasteiger partial charge >= 0.3 is 0 Å². The molecule has 6 nitrogen and oxygen atoms in total. The summed E-state index contributed by atoms with van der Waals surface area (Å²) in [4.78, 5) is 12.2. The largest absolute Gasteiger partial charge is 0.335 e. The maximum Gasteiger partial charge on any atom is 0.234 e. The maximum absolute atomic E-state index is 12.2. The van der Waals surface area contributed by atoms with E-state index in [0.717, 1.165) is 5.56 Å². The van der Waals surface area contributed by atoms with Crippen LogP contribution in [0, 0.1) is 6.92 Å². The lowest BCUT2D eigenvalue weighted by atomic mass is 10.2. The van der Waals surface area contributed by atoms with Gasteiger partial charge in [-0.05, 0) is 36.8 Å². The molecule has 134 valence electrons. The topological polar surface area (TPSA) is 85.8 Å². The van der Waals surface area contributed by atoms with E-state index in [1.807, 2.05) is 19.1 Å². The molecule has 2 aromatic carbocycles. The summed E-state index contributed by atoms with van der Waals surface area (Å²) in [5, 5.41) is 12.5. The van der Waals surface area contributed by atoms with Crippen molar-refractivity contribution in [3.63, 3.8) is 0 Å². The van der Waals surface area contributed by atoms with Gasteiger partial charge in [-0.25, -0.2) is 4.68 Å². The van der Waals surface area contributed by atoms with Gasteiger partial charge in [0, 0.05) is 16.3 Å². The Hall–Kier alpha value is -2.22. The van der Waals surface area contributed by atoms with Crippen molar-refractivity contribution in [2.45, 2.75) is 12.1 Å². The van der Waals surface area contributed by atoms with Crippen LogP contribution in [0.5, 0.6) is 0 Å². The second-order valence-electron chi connectivity index (χ2n) is 5.41. The highest BCUT2D eigenvalue weighted by Gasteiger charge is 2.16. The summed E-state index contributed by atoms with van der Waals surface area (Å²) < 4.78 is 1.32. The molecule has 0 saturated heterocycles. The molecule has 0 atom stereocenters. The van der Waals surface area contributed by atoms with Gasteiger partial charge in [-0.15, -0.1) is 10.2 Å². The third-order valence-electron chi connectivity index (χ3n) is 3.65. The number of hydrogen-bond acceptors (Lipinski definition) is 5. The van der Waals surface area contributed by atoms with Gasteiger partial charge in [0.25, 0.3) is 0 Å². The number of halogens is 2. The number of nitrogen functional groups attached to an aromatic ring is 1. The highest BCUT2D eigenvalue weighted by molar-refractivity contribution is 7.99. The standard InChI is InChI=1S/C17H15Cl2N5OS/c1-10-12(18)7-4-8-14(10)21-15(25)9-26-17-23-22-16(24(17)20)11-5-2-3-6-13(11)19/h2-8H,9,20H2,1H3,(H,21,25). The molecule has 1 amide bonds. The number of carbonyl (C=O) groups excluding carboxylic acids is 1. The van der Waals surface area contributed by atoms with E-state index in [0.29, 0.717) is 32.3 Å². The normalized spacial score (nSPS) is 10.7. The van der Waals surface area contributed by atoms with Gasteiger partial charge in [0.15, 0.2) is 5.82 Å². The van der Waals surface area contributed by atoms with Crippen LogP contribution in [0.4, 0.5) is 5.69 Å². The number of hydrogen-bond donors (Lipinski definition) is 2. The van der Waals surface area contributed by atoms with Crippen LogP contribution in [-0.2, 0) is 4.79 Å². The number of nitrogens with zero attached hydrogens (tertiary/aromatic N) is 3. The fourth-order valence-corrected chi connectivity index (χ4v) is 3.31. The first kappa shape index (κ1) is 18.6.